The van der Waals surface area contributed by atoms with E-state index in [4.69, 9.17) is 19.3 Å². The average molecular weight is 274 g/mol. The Bertz CT molecular complexity index is 338. The lowest BCUT2D eigenvalue weighted by atomic mass is 9.91. The molecule has 0 amide bonds. The molecule has 3 rings (SSSR count). The number of aliphatic hydroxyl groups excluding tert-OH is 2. The molecule has 3 aliphatic rings. The van der Waals surface area contributed by atoms with Crippen LogP contribution in [0.5, 0.6) is 0 Å². The second-order valence-corrected chi connectivity index (χ2v) is 6.03. The monoisotopic (exact) mass is 274 g/mol. The molecule has 19 heavy (non-hydrogen) atoms. The van der Waals surface area contributed by atoms with Crippen molar-refractivity contribution in [3.8, 4) is 0 Å². The van der Waals surface area contributed by atoms with Gasteiger partial charge in [0.15, 0.2) is 12.1 Å². The Hall–Kier alpha value is -0.240. The molecule has 0 aromatic rings. The van der Waals surface area contributed by atoms with Gasteiger partial charge in [0.1, 0.15) is 23.9 Å². The van der Waals surface area contributed by atoms with E-state index in [1.54, 1.807) is 6.92 Å². The van der Waals surface area contributed by atoms with Crippen LogP contribution in [0.3, 0.4) is 0 Å². The Balaban J connectivity index is 1.76. The molecule has 3 fully saturated rings. The fourth-order valence-corrected chi connectivity index (χ4v) is 3.43. The number of rotatable bonds is 2. The average Bonchev–Trinajstić information content (AvgIpc) is 2.85. The smallest absolute Gasteiger partial charge is 0.190 e. The van der Waals surface area contributed by atoms with Crippen LogP contribution in [0.25, 0.3) is 0 Å². The highest BCUT2D eigenvalue weighted by molar-refractivity contribution is 5.05. The van der Waals surface area contributed by atoms with Gasteiger partial charge >= 0.3 is 0 Å². The minimum atomic E-state index is -1.37. The van der Waals surface area contributed by atoms with Crippen LogP contribution in [-0.2, 0) is 14.2 Å². The largest absolute Gasteiger partial charge is 0.394 e. The van der Waals surface area contributed by atoms with Gasteiger partial charge in [-0.1, -0.05) is 6.42 Å². The number of aliphatic hydroxyl groups is 3. The zero-order valence-electron chi connectivity index (χ0n) is 11.1. The van der Waals surface area contributed by atoms with Crippen molar-refractivity contribution < 1.29 is 29.5 Å². The van der Waals surface area contributed by atoms with Gasteiger partial charge in [-0.15, -0.1) is 0 Å². The van der Waals surface area contributed by atoms with Gasteiger partial charge in [0.2, 0.25) is 0 Å². The van der Waals surface area contributed by atoms with Crippen molar-refractivity contribution in [2.45, 2.75) is 75.0 Å². The van der Waals surface area contributed by atoms with Gasteiger partial charge in [-0.2, -0.15) is 0 Å². The fraction of sp³-hybridized carbons (Fsp3) is 1.00. The van der Waals surface area contributed by atoms with Crippen LogP contribution in [0.15, 0.2) is 0 Å². The molecular weight excluding hydrogens is 252 g/mol. The highest BCUT2D eigenvalue weighted by Gasteiger charge is 2.64. The van der Waals surface area contributed by atoms with Crippen molar-refractivity contribution in [2.75, 3.05) is 6.61 Å². The first kappa shape index (κ1) is 13.7. The summed E-state index contributed by atoms with van der Waals surface area (Å²) in [5.74, 6) is -0.632. The summed E-state index contributed by atoms with van der Waals surface area (Å²) in [6, 6.07) is 0. The molecule has 0 bridgehead atoms. The Morgan fingerprint density at radius 3 is 2.47 bits per heavy atom. The van der Waals surface area contributed by atoms with Gasteiger partial charge < -0.3 is 29.5 Å². The van der Waals surface area contributed by atoms with Gasteiger partial charge in [0, 0.05) is 12.8 Å². The Morgan fingerprint density at radius 1 is 1.21 bits per heavy atom. The zero-order valence-corrected chi connectivity index (χ0v) is 11.1. The third kappa shape index (κ3) is 2.11. The maximum atomic E-state index is 10.5. The van der Waals surface area contributed by atoms with Crippen LogP contribution in [0.2, 0.25) is 0 Å². The molecule has 2 heterocycles. The van der Waals surface area contributed by atoms with Gasteiger partial charge in [0.05, 0.1) is 6.61 Å². The molecule has 3 N–H and O–H groups in total. The van der Waals surface area contributed by atoms with Crippen LogP contribution < -0.4 is 0 Å². The van der Waals surface area contributed by atoms with Crippen LogP contribution in [-0.4, -0.2) is 57.9 Å². The molecule has 1 saturated carbocycles. The number of fused-ring (bicyclic) bond motifs is 1. The second kappa shape index (κ2) is 4.65. The molecule has 0 aromatic heterocycles. The summed E-state index contributed by atoms with van der Waals surface area (Å²) in [6.45, 7) is 1.10. The molecule has 0 aromatic carbocycles. The van der Waals surface area contributed by atoms with Gasteiger partial charge in [-0.3, -0.25) is 0 Å². The van der Waals surface area contributed by atoms with Gasteiger partial charge in [-0.25, -0.2) is 0 Å². The van der Waals surface area contributed by atoms with Crippen molar-refractivity contribution in [2.24, 2.45) is 0 Å². The lowest BCUT2D eigenvalue weighted by molar-refractivity contribution is -0.265. The third-order valence-corrected chi connectivity index (χ3v) is 4.50. The summed E-state index contributed by atoms with van der Waals surface area (Å²) in [5, 5.41) is 29.3. The first-order chi connectivity index (χ1) is 8.98. The van der Waals surface area contributed by atoms with Crippen molar-refractivity contribution in [3.05, 3.63) is 0 Å². The zero-order chi connectivity index (χ0) is 13.7. The van der Waals surface area contributed by atoms with Crippen molar-refractivity contribution >= 4 is 0 Å². The SMILES string of the molecule is CC1(O)C(C(O)CO)OC2OC3(CCCCC3)OC21. The molecule has 5 unspecified atom stereocenters. The molecule has 110 valence electrons. The second-order valence-electron chi connectivity index (χ2n) is 6.03. The van der Waals surface area contributed by atoms with Crippen LogP contribution in [0, 0.1) is 0 Å². The van der Waals surface area contributed by atoms with E-state index in [0.29, 0.717) is 0 Å². The number of hydrogen-bond donors (Lipinski definition) is 3. The molecular formula is C13H22O6. The lowest BCUT2D eigenvalue weighted by Crippen LogP contribution is -2.52. The fourth-order valence-electron chi connectivity index (χ4n) is 3.43. The summed E-state index contributed by atoms with van der Waals surface area (Å²) in [7, 11) is 0. The Labute approximate surface area is 112 Å². The minimum Gasteiger partial charge on any atom is -0.394 e. The van der Waals surface area contributed by atoms with E-state index < -0.39 is 42.6 Å². The maximum Gasteiger partial charge on any atom is 0.190 e. The van der Waals surface area contributed by atoms with E-state index in [-0.39, 0.29) is 0 Å². The first-order valence-electron chi connectivity index (χ1n) is 7.01. The predicted molar refractivity (Wildman–Crippen MR) is 64.2 cm³/mol. The normalized spacial score (nSPS) is 46.4. The van der Waals surface area contributed by atoms with Crippen molar-refractivity contribution in [1.82, 2.24) is 0 Å². The van der Waals surface area contributed by atoms with Gasteiger partial charge in [0.25, 0.3) is 0 Å². The Kier molecular flexibility index (Phi) is 3.36. The van der Waals surface area contributed by atoms with Crippen LogP contribution in [0.4, 0.5) is 0 Å². The molecule has 2 saturated heterocycles. The van der Waals surface area contributed by atoms with Crippen LogP contribution >= 0.6 is 0 Å². The minimum absolute atomic E-state index is 0.467. The summed E-state index contributed by atoms with van der Waals surface area (Å²) in [6.07, 6.45) is 1.57. The summed E-state index contributed by atoms with van der Waals surface area (Å²) >= 11 is 0. The van der Waals surface area contributed by atoms with Crippen LogP contribution in [0.1, 0.15) is 39.0 Å². The van der Waals surface area contributed by atoms with E-state index >= 15 is 0 Å². The maximum absolute atomic E-state index is 10.5. The molecule has 1 aliphatic carbocycles. The molecule has 6 nitrogen and oxygen atoms in total. The molecule has 6 heteroatoms. The van der Waals surface area contributed by atoms with E-state index in [9.17, 15) is 10.2 Å². The highest BCUT2D eigenvalue weighted by atomic mass is 16.8. The standard InChI is InChI=1S/C13H22O6/c1-12(16)9(8(15)7-14)17-11-10(12)18-13(19-11)5-3-2-4-6-13/h8-11,14-16H,2-7H2,1H3. The third-order valence-electron chi connectivity index (χ3n) is 4.50. The summed E-state index contributed by atoms with van der Waals surface area (Å²) in [5.41, 5.74) is -1.37. The van der Waals surface area contributed by atoms with E-state index in [1.165, 1.54) is 6.42 Å². The van der Waals surface area contributed by atoms with E-state index in [1.807, 2.05) is 0 Å². The molecule has 2 aliphatic heterocycles. The van der Waals surface area contributed by atoms with Crippen molar-refractivity contribution in [1.29, 1.82) is 0 Å². The predicted octanol–water partition coefficient (Wildman–Crippen LogP) is -0.109. The molecule has 1 spiro atoms. The van der Waals surface area contributed by atoms with E-state index in [2.05, 4.69) is 0 Å². The van der Waals surface area contributed by atoms with E-state index in [0.717, 1.165) is 25.7 Å². The first-order valence-corrected chi connectivity index (χ1v) is 7.01. The van der Waals surface area contributed by atoms with Crippen molar-refractivity contribution in [3.63, 3.8) is 0 Å². The highest BCUT2D eigenvalue weighted by Crippen LogP contribution is 2.48. The quantitative estimate of drug-likeness (QED) is 0.651. The van der Waals surface area contributed by atoms with Gasteiger partial charge in [-0.05, 0) is 19.8 Å². The summed E-state index contributed by atoms with van der Waals surface area (Å²) < 4.78 is 17.4. The lowest BCUT2D eigenvalue weighted by Gasteiger charge is -2.36. The molecule has 0 radical (unpaired) electrons. The number of ether oxygens (including phenoxy) is 3. The Morgan fingerprint density at radius 2 is 1.89 bits per heavy atom. The molecule has 5 atom stereocenters. The topological polar surface area (TPSA) is 88.4 Å². The number of hydrogen-bond acceptors (Lipinski definition) is 6. The summed E-state index contributed by atoms with van der Waals surface area (Å²) in [4.78, 5) is 0.